The van der Waals surface area contributed by atoms with E-state index in [1.54, 1.807) is 0 Å². The van der Waals surface area contributed by atoms with Crippen LogP contribution in [-0.4, -0.2) is 55.5 Å². The molecule has 0 aromatic rings. The summed E-state index contributed by atoms with van der Waals surface area (Å²) in [5.74, 6) is 0. The molecule has 0 aliphatic rings. The van der Waals surface area contributed by atoms with Crippen LogP contribution in [0.3, 0.4) is 0 Å². The minimum absolute atomic E-state index is 0. The first-order valence-corrected chi connectivity index (χ1v) is 4.77. The maximum absolute atomic E-state index is 12.2. The van der Waals surface area contributed by atoms with Crippen LogP contribution in [0.4, 0.5) is 39.5 Å². The van der Waals surface area contributed by atoms with Gasteiger partial charge in [0.15, 0.2) is 0 Å². The molecule has 0 spiro atoms. The van der Waals surface area contributed by atoms with E-state index in [1.165, 1.54) is 4.74 Å². The molecule has 4 nitrogen and oxygen atoms in total. The van der Waals surface area contributed by atoms with E-state index < -0.39 is 33.8 Å². The molecular formula is C4HF9LiO4S. The largest absolute Gasteiger partial charge is 0.483 e. The third-order valence-electron chi connectivity index (χ3n) is 1.25. The third-order valence-corrected chi connectivity index (χ3v) is 2.13. The van der Waals surface area contributed by atoms with E-state index in [4.69, 9.17) is 4.55 Å². The molecule has 0 atom stereocenters. The van der Waals surface area contributed by atoms with E-state index in [0.717, 1.165) is 0 Å². The topological polar surface area (TPSA) is 63.6 Å². The van der Waals surface area contributed by atoms with E-state index in [1.807, 2.05) is 0 Å². The predicted molar refractivity (Wildman–Crippen MR) is 39.3 cm³/mol. The van der Waals surface area contributed by atoms with Crippen molar-refractivity contribution in [2.75, 3.05) is 0 Å². The fourth-order valence-electron chi connectivity index (χ4n) is 0.428. The molecule has 0 saturated carbocycles. The van der Waals surface area contributed by atoms with Crippen molar-refractivity contribution in [1.82, 2.24) is 0 Å². The van der Waals surface area contributed by atoms with Crippen LogP contribution in [-0.2, 0) is 14.9 Å². The molecule has 0 aromatic heterocycles. The second-order valence-electron chi connectivity index (χ2n) is 2.63. The predicted octanol–water partition coefficient (Wildman–Crippen LogP) is 1.85. The fraction of sp³-hybridized carbons (Fsp3) is 1.00. The van der Waals surface area contributed by atoms with Gasteiger partial charge in [0.25, 0.3) is 0 Å². The first-order valence-electron chi connectivity index (χ1n) is 3.33. The number of halogens is 9. The SMILES string of the molecule is O=S(=O)(O)C(F)(F)C(F)(F)OC(F)(F)C(F)(F)F.[Li]. The number of hydrogen-bond donors (Lipinski definition) is 1. The average molecular weight is 323 g/mol. The van der Waals surface area contributed by atoms with E-state index in [-0.39, 0.29) is 18.9 Å². The van der Waals surface area contributed by atoms with Crippen LogP contribution in [0.1, 0.15) is 0 Å². The van der Waals surface area contributed by atoms with Crippen molar-refractivity contribution in [3.63, 3.8) is 0 Å². The second kappa shape index (κ2) is 5.32. The van der Waals surface area contributed by atoms with Gasteiger partial charge in [-0.1, -0.05) is 0 Å². The molecule has 0 saturated heterocycles. The summed E-state index contributed by atoms with van der Waals surface area (Å²) in [4.78, 5) is 0. The Morgan fingerprint density at radius 2 is 1.11 bits per heavy atom. The van der Waals surface area contributed by atoms with Gasteiger partial charge in [0.1, 0.15) is 0 Å². The van der Waals surface area contributed by atoms with Gasteiger partial charge in [0.05, 0.1) is 0 Å². The average Bonchev–Trinajstić information content (AvgIpc) is 1.96. The standard InChI is InChI=1S/C4HF9O4S.Li/c5-1(6,7)2(8,9)17-3(10,11)4(12,13)18(14,15)16;/h(H,14,15,16);. The van der Waals surface area contributed by atoms with Gasteiger partial charge in [0, 0.05) is 18.9 Å². The maximum atomic E-state index is 12.2. The molecule has 0 heterocycles. The Labute approximate surface area is 110 Å². The van der Waals surface area contributed by atoms with Gasteiger partial charge in [-0.05, 0) is 0 Å². The number of rotatable bonds is 4. The van der Waals surface area contributed by atoms with Crippen LogP contribution >= 0.6 is 0 Å². The molecule has 15 heteroatoms. The van der Waals surface area contributed by atoms with Crippen molar-refractivity contribution in [2.45, 2.75) is 23.6 Å². The smallest absolute Gasteiger partial charge is 0.281 e. The Morgan fingerprint density at radius 3 is 1.32 bits per heavy atom. The van der Waals surface area contributed by atoms with Crippen LogP contribution in [0.2, 0.25) is 0 Å². The zero-order chi connectivity index (χ0) is 15.2. The Bertz CT molecular complexity index is 414. The summed E-state index contributed by atoms with van der Waals surface area (Å²) < 4.78 is 135. The normalized spacial score (nSPS) is 15.1. The van der Waals surface area contributed by atoms with Gasteiger partial charge in [-0.25, -0.2) is 4.74 Å². The van der Waals surface area contributed by atoms with Gasteiger partial charge < -0.3 is 0 Å². The Hall–Kier alpha value is -0.163. The summed E-state index contributed by atoms with van der Waals surface area (Å²) in [6.07, 6.45) is -20.4. The summed E-state index contributed by atoms with van der Waals surface area (Å²) >= 11 is 0. The molecule has 0 amide bonds. The van der Waals surface area contributed by atoms with Gasteiger partial charge in [-0.3, -0.25) is 4.55 Å². The molecule has 0 fully saturated rings. The molecule has 0 unspecified atom stereocenters. The zero-order valence-electron chi connectivity index (χ0n) is 8.48. The van der Waals surface area contributed by atoms with E-state index in [9.17, 15) is 47.9 Å². The quantitative estimate of drug-likeness (QED) is 0.487. The Balaban J connectivity index is 0. The summed E-state index contributed by atoms with van der Waals surface area (Å²) in [6.45, 7) is 0. The second-order valence-corrected chi connectivity index (χ2v) is 4.09. The molecule has 19 heavy (non-hydrogen) atoms. The van der Waals surface area contributed by atoms with E-state index in [0.29, 0.717) is 0 Å². The molecular weight excluding hydrogens is 322 g/mol. The number of alkyl halides is 9. The summed E-state index contributed by atoms with van der Waals surface area (Å²) in [7, 11) is -6.99. The molecule has 0 rings (SSSR count). The molecule has 0 aliphatic carbocycles. The van der Waals surface area contributed by atoms with Crippen molar-refractivity contribution < 1.29 is 57.2 Å². The van der Waals surface area contributed by atoms with E-state index >= 15 is 0 Å². The summed E-state index contributed by atoms with van der Waals surface area (Å²) in [5, 5.41) is -6.70. The van der Waals surface area contributed by atoms with Crippen LogP contribution < -0.4 is 0 Å². The van der Waals surface area contributed by atoms with Crippen LogP contribution in [0, 0.1) is 0 Å². The third kappa shape index (κ3) is 4.15. The maximum Gasteiger partial charge on any atom is 0.483 e. The van der Waals surface area contributed by atoms with Crippen molar-refractivity contribution in [2.24, 2.45) is 0 Å². The molecule has 0 bridgehead atoms. The monoisotopic (exact) mass is 323 g/mol. The van der Waals surface area contributed by atoms with Gasteiger partial charge >= 0.3 is 33.8 Å². The van der Waals surface area contributed by atoms with Crippen molar-refractivity contribution in [3.8, 4) is 0 Å². The molecule has 1 radical (unpaired) electrons. The van der Waals surface area contributed by atoms with E-state index in [2.05, 4.69) is 0 Å². The first-order chi connectivity index (χ1) is 7.46. The van der Waals surface area contributed by atoms with Gasteiger partial charge in [0.2, 0.25) is 0 Å². The van der Waals surface area contributed by atoms with Gasteiger partial charge in [-0.2, -0.15) is 47.9 Å². The van der Waals surface area contributed by atoms with Crippen LogP contribution in [0.15, 0.2) is 0 Å². The van der Waals surface area contributed by atoms with Crippen molar-refractivity contribution in [3.05, 3.63) is 0 Å². The first kappa shape index (κ1) is 21.1. The zero-order valence-corrected chi connectivity index (χ0v) is 9.30. The minimum atomic E-state index is -6.99. The van der Waals surface area contributed by atoms with Crippen molar-refractivity contribution in [1.29, 1.82) is 0 Å². The number of hydrogen-bond acceptors (Lipinski definition) is 3. The Kier molecular flexibility index (Phi) is 5.92. The molecule has 0 aromatic carbocycles. The molecule has 1 N–H and O–H groups in total. The fourth-order valence-corrected chi connectivity index (χ4v) is 0.770. The van der Waals surface area contributed by atoms with Gasteiger partial charge in [-0.15, -0.1) is 0 Å². The number of ether oxygens (including phenoxy) is 1. The summed E-state index contributed by atoms with van der Waals surface area (Å²) in [5.41, 5.74) is 0. The van der Waals surface area contributed by atoms with Crippen LogP contribution in [0.5, 0.6) is 0 Å². The Morgan fingerprint density at radius 1 is 0.789 bits per heavy atom. The summed E-state index contributed by atoms with van der Waals surface area (Å²) in [6, 6.07) is 0. The van der Waals surface area contributed by atoms with Crippen molar-refractivity contribution >= 4 is 29.0 Å². The minimum Gasteiger partial charge on any atom is -0.281 e. The molecule has 0 aliphatic heterocycles. The molecule has 111 valence electrons. The van der Waals surface area contributed by atoms with Crippen LogP contribution in [0.25, 0.3) is 0 Å².